The normalized spacial score (nSPS) is 21.6. The third-order valence-electron chi connectivity index (χ3n) is 10.3. The van der Waals surface area contributed by atoms with E-state index in [9.17, 15) is 0 Å². The van der Waals surface area contributed by atoms with Gasteiger partial charge >= 0.3 is 0 Å². The first-order valence-corrected chi connectivity index (χ1v) is 15.0. The van der Waals surface area contributed by atoms with Crippen LogP contribution >= 0.6 is 0 Å². The van der Waals surface area contributed by atoms with Gasteiger partial charge in [0.15, 0.2) is 6.20 Å². The van der Waals surface area contributed by atoms with Gasteiger partial charge in [-0.15, -0.1) is 0 Å². The molecule has 1 aromatic heterocycles. The molecule has 0 radical (unpaired) electrons. The van der Waals surface area contributed by atoms with Crippen LogP contribution in [0, 0.1) is 12.3 Å². The maximum atomic E-state index is 2.64. The molecule has 3 fully saturated rings. The van der Waals surface area contributed by atoms with Gasteiger partial charge in [-0.25, -0.2) is 4.57 Å². The Kier molecular flexibility index (Phi) is 6.47. The number of fused-ring (bicyclic) bond motifs is 1. The zero-order valence-electron chi connectivity index (χ0n) is 23.2. The number of pyridine rings is 1. The van der Waals surface area contributed by atoms with Crippen molar-refractivity contribution in [1.82, 2.24) is 0 Å². The molecule has 3 aliphatic carbocycles. The summed E-state index contributed by atoms with van der Waals surface area (Å²) in [6.45, 7) is 7.30. The third-order valence-corrected chi connectivity index (χ3v) is 10.3. The fraction of sp³-hybridized carbons (Fsp3) is 0.571. The first-order chi connectivity index (χ1) is 17.4. The van der Waals surface area contributed by atoms with E-state index in [2.05, 4.69) is 75.0 Å². The van der Waals surface area contributed by atoms with Crippen molar-refractivity contribution in [1.29, 1.82) is 0 Å². The fourth-order valence-electron chi connectivity index (χ4n) is 7.87. The molecular formula is C35H46N+. The summed E-state index contributed by atoms with van der Waals surface area (Å²) in [5.74, 6) is 2.24. The predicted octanol–water partition coefficient (Wildman–Crippen LogP) is 9.64. The van der Waals surface area contributed by atoms with Gasteiger partial charge in [0.05, 0.1) is 10.9 Å². The average Bonchev–Trinajstić information content (AvgIpc) is 3.59. The van der Waals surface area contributed by atoms with Crippen LogP contribution in [0.1, 0.15) is 131 Å². The van der Waals surface area contributed by atoms with E-state index in [1.165, 1.54) is 105 Å². The molecule has 3 saturated carbocycles. The van der Waals surface area contributed by atoms with Crippen molar-refractivity contribution in [3.8, 4) is 11.3 Å². The maximum absolute atomic E-state index is 2.64. The van der Waals surface area contributed by atoms with Gasteiger partial charge < -0.3 is 0 Å². The predicted molar refractivity (Wildman–Crippen MR) is 153 cm³/mol. The van der Waals surface area contributed by atoms with Crippen molar-refractivity contribution in [2.45, 2.75) is 116 Å². The average molecular weight is 481 g/mol. The van der Waals surface area contributed by atoms with Crippen LogP contribution in [-0.2, 0) is 7.05 Å². The molecule has 190 valence electrons. The zero-order valence-corrected chi connectivity index (χ0v) is 23.2. The lowest BCUT2D eigenvalue weighted by Gasteiger charge is -2.34. The van der Waals surface area contributed by atoms with Gasteiger partial charge in [-0.2, -0.15) is 0 Å². The number of hydrogen-bond donors (Lipinski definition) is 0. The Morgan fingerprint density at radius 1 is 0.722 bits per heavy atom. The Morgan fingerprint density at radius 2 is 1.36 bits per heavy atom. The number of benzene rings is 2. The van der Waals surface area contributed by atoms with Crippen LogP contribution in [0.25, 0.3) is 22.0 Å². The molecule has 1 nitrogen and oxygen atoms in total. The third kappa shape index (κ3) is 4.52. The molecule has 0 bridgehead atoms. The first-order valence-electron chi connectivity index (χ1n) is 15.0. The van der Waals surface area contributed by atoms with E-state index in [4.69, 9.17) is 0 Å². The van der Waals surface area contributed by atoms with Gasteiger partial charge in [-0.05, 0) is 121 Å². The van der Waals surface area contributed by atoms with Crippen LogP contribution in [-0.4, -0.2) is 0 Å². The molecule has 0 unspecified atom stereocenters. The minimum atomic E-state index is 0.521. The Bertz CT molecular complexity index is 1240. The van der Waals surface area contributed by atoms with E-state index in [-0.39, 0.29) is 0 Å². The van der Waals surface area contributed by atoms with E-state index in [0.29, 0.717) is 5.41 Å². The van der Waals surface area contributed by atoms with Gasteiger partial charge in [-0.3, -0.25) is 0 Å². The molecule has 3 aliphatic rings. The Labute approximate surface area is 219 Å². The lowest BCUT2D eigenvalue weighted by atomic mass is 9.71. The number of rotatable bonds is 4. The molecule has 0 atom stereocenters. The highest BCUT2D eigenvalue weighted by Gasteiger charge is 2.29. The molecule has 1 heteroatoms. The van der Waals surface area contributed by atoms with Crippen LogP contribution in [0.3, 0.4) is 0 Å². The Balaban J connectivity index is 1.45. The minimum Gasteiger partial charge on any atom is -0.200 e. The molecular weight excluding hydrogens is 434 g/mol. The maximum Gasteiger partial charge on any atom is 0.220 e. The molecule has 0 aliphatic heterocycles. The van der Waals surface area contributed by atoms with Crippen LogP contribution in [0.4, 0.5) is 0 Å². The van der Waals surface area contributed by atoms with Gasteiger partial charge in [-0.1, -0.05) is 57.7 Å². The van der Waals surface area contributed by atoms with Gasteiger partial charge in [0.1, 0.15) is 7.05 Å². The summed E-state index contributed by atoms with van der Waals surface area (Å²) < 4.78 is 2.39. The largest absolute Gasteiger partial charge is 0.220 e. The van der Waals surface area contributed by atoms with Crippen molar-refractivity contribution in [3.63, 3.8) is 0 Å². The topological polar surface area (TPSA) is 3.88 Å². The van der Waals surface area contributed by atoms with Gasteiger partial charge in [0, 0.05) is 6.07 Å². The lowest BCUT2D eigenvalue weighted by molar-refractivity contribution is -0.659. The Hall–Kier alpha value is -2.15. The van der Waals surface area contributed by atoms with Crippen molar-refractivity contribution < 1.29 is 4.57 Å². The summed E-state index contributed by atoms with van der Waals surface area (Å²) in [5, 5.41) is 2.84. The summed E-state index contributed by atoms with van der Waals surface area (Å²) in [7, 11) is 2.25. The summed E-state index contributed by atoms with van der Waals surface area (Å²) in [5.41, 5.74) is 9.79. The Morgan fingerprint density at radius 3 is 2.06 bits per heavy atom. The number of hydrogen-bond acceptors (Lipinski definition) is 0. The van der Waals surface area contributed by atoms with Crippen LogP contribution < -0.4 is 4.57 Å². The molecule has 0 N–H and O–H groups in total. The highest BCUT2D eigenvalue weighted by molar-refractivity contribution is 5.94. The summed E-state index contributed by atoms with van der Waals surface area (Å²) in [4.78, 5) is 0. The van der Waals surface area contributed by atoms with E-state index in [1.807, 2.05) is 0 Å². The monoisotopic (exact) mass is 480 g/mol. The molecule has 2 aromatic carbocycles. The van der Waals surface area contributed by atoms with Crippen molar-refractivity contribution in [2.75, 3.05) is 0 Å². The highest BCUT2D eigenvalue weighted by atomic mass is 14.9. The summed E-state index contributed by atoms with van der Waals surface area (Å²) in [6, 6.07) is 15.0. The second-order valence-electron chi connectivity index (χ2n) is 13.3. The van der Waals surface area contributed by atoms with Gasteiger partial charge in [0.25, 0.3) is 0 Å². The van der Waals surface area contributed by atoms with E-state index < -0.39 is 0 Å². The van der Waals surface area contributed by atoms with Gasteiger partial charge in [0.2, 0.25) is 5.69 Å². The van der Waals surface area contributed by atoms with E-state index in [0.717, 1.165) is 17.8 Å². The molecule has 36 heavy (non-hydrogen) atoms. The van der Waals surface area contributed by atoms with E-state index >= 15 is 0 Å². The van der Waals surface area contributed by atoms with Crippen molar-refractivity contribution in [2.24, 2.45) is 12.5 Å². The van der Waals surface area contributed by atoms with E-state index in [1.54, 1.807) is 16.7 Å². The fourth-order valence-corrected chi connectivity index (χ4v) is 7.87. The molecule has 0 spiro atoms. The number of aromatic nitrogens is 1. The SMILES string of the molecule is Cc1c(-c2c3ccc(C4CCC(C)(C)CC4)cc3cc[n+]2C)cc(C2CCCC2)cc1C1CCCC1. The van der Waals surface area contributed by atoms with Crippen LogP contribution in [0.15, 0.2) is 42.6 Å². The summed E-state index contributed by atoms with van der Waals surface area (Å²) >= 11 is 0. The standard InChI is InChI=1S/C35H46N/c1-24-32(27-11-7-8-12-27)22-30(25-9-5-6-10-25)23-33(24)34-31-14-13-28(21-29(31)17-20-36(34)4)26-15-18-35(2,3)19-16-26/h13-14,17,20-23,25-27H,5-12,15-16,18-19H2,1-4H3/q+1. The van der Waals surface area contributed by atoms with Crippen LogP contribution in [0.2, 0.25) is 0 Å². The number of aryl methyl sites for hydroxylation is 1. The zero-order chi connectivity index (χ0) is 24.9. The molecule has 6 rings (SSSR count). The molecule has 3 aromatic rings. The number of nitrogens with zero attached hydrogens (tertiary/aromatic N) is 1. The lowest BCUT2D eigenvalue weighted by Crippen LogP contribution is -2.31. The second-order valence-corrected chi connectivity index (χ2v) is 13.3. The molecule has 1 heterocycles. The second kappa shape index (κ2) is 9.62. The smallest absolute Gasteiger partial charge is 0.200 e. The van der Waals surface area contributed by atoms with Crippen molar-refractivity contribution in [3.05, 3.63) is 64.8 Å². The highest BCUT2D eigenvalue weighted by Crippen LogP contribution is 2.45. The van der Waals surface area contributed by atoms with Crippen LogP contribution in [0.5, 0.6) is 0 Å². The summed E-state index contributed by atoms with van der Waals surface area (Å²) in [6.07, 6.45) is 18.8. The van der Waals surface area contributed by atoms with Crippen molar-refractivity contribution >= 4 is 10.8 Å². The quantitative estimate of drug-likeness (QED) is 0.327. The minimum absolute atomic E-state index is 0.521. The molecule has 0 saturated heterocycles. The first kappa shape index (κ1) is 24.2. The molecule has 0 amide bonds.